The van der Waals surface area contributed by atoms with E-state index < -0.39 is 41.9 Å². The van der Waals surface area contributed by atoms with Crippen LogP contribution in [0.5, 0.6) is 5.75 Å². The fraction of sp³-hybridized carbons (Fsp3) is 0.500. The van der Waals surface area contributed by atoms with Gasteiger partial charge in [-0.25, -0.2) is 13.6 Å². The lowest BCUT2D eigenvalue weighted by atomic mass is 9.89. The summed E-state index contributed by atoms with van der Waals surface area (Å²) in [4.78, 5) is 23.3. The summed E-state index contributed by atoms with van der Waals surface area (Å²) in [5.41, 5.74) is -1.75. The summed E-state index contributed by atoms with van der Waals surface area (Å²) < 4.78 is 33.1. The van der Waals surface area contributed by atoms with E-state index in [1.54, 1.807) is 0 Å². The number of carbonyl (C=O) groups excluding carboxylic acids is 1. The normalized spacial score (nSPS) is 25.5. The molecule has 2 heterocycles. The van der Waals surface area contributed by atoms with Crippen molar-refractivity contribution < 1.29 is 38.4 Å². The van der Waals surface area contributed by atoms with Crippen LogP contribution in [0.3, 0.4) is 0 Å². The van der Waals surface area contributed by atoms with Gasteiger partial charge in [0.25, 0.3) is 0 Å². The second-order valence-electron chi connectivity index (χ2n) is 6.46. The Balaban J connectivity index is 1.78. The van der Waals surface area contributed by atoms with E-state index in [1.165, 1.54) is 0 Å². The van der Waals surface area contributed by atoms with Crippen LogP contribution >= 0.6 is 0 Å². The van der Waals surface area contributed by atoms with E-state index >= 15 is 0 Å². The molecule has 26 heavy (non-hydrogen) atoms. The van der Waals surface area contributed by atoms with Crippen LogP contribution in [0.1, 0.15) is 18.4 Å². The van der Waals surface area contributed by atoms with Crippen molar-refractivity contribution in [3.05, 3.63) is 23.3 Å². The molecule has 1 fully saturated rings. The van der Waals surface area contributed by atoms with Gasteiger partial charge in [-0.15, -0.1) is 0 Å². The Bertz CT molecular complexity index is 759. The van der Waals surface area contributed by atoms with E-state index in [9.17, 15) is 28.6 Å². The monoisotopic (exact) mass is 372 g/mol. The molecule has 0 unspecified atom stereocenters. The van der Waals surface area contributed by atoms with Crippen molar-refractivity contribution >= 4 is 17.7 Å². The first-order valence-corrected chi connectivity index (χ1v) is 8.03. The molecule has 0 radical (unpaired) electrons. The lowest BCUT2D eigenvalue weighted by Crippen LogP contribution is -2.59. The van der Waals surface area contributed by atoms with Crippen molar-refractivity contribution in [2.45, 2.75) is 31.0 Å². The minimum Gasteiger partial charge on any atom is -0.490 e. The molecule has 0 aliphatic carbocycles. The molecule has 0 aromatic heterocycles. The molecule has 142 valence electrons. The largest absolute Gasteiger partial charge is 0.490 e. The van der Waals surface area contributed by atoms with E-state index in [4.69, 9.17) is 9.84 Å². The predicted molar refractivity (Wildman–Crippen MR) is 84.0 cm³/mol. The lowest BCUT2D eigenvalue weighted by molar-refractivity contribution is -0.132. The number of nitrogens with zero attached hydrogens (tertiary/aromatic N) is 1. The number of aliphatic hydroxyl groups is 2. The van der Waals surface area contributed by atoms with Gasteiger partial charge in [-0.2, -0.15) is 0 Å². The maximum absolute atomic E-state index is 13.9. The summed E-state index contributed by atoms with van der Waals surface area (Å²) in [6, 6.07) is 0.827. The Morgan fingerprint density at radius 1 is 1.42 bits per heavy atom. The number of halogens is 2. The zero-order valence-corrected chi connectivity index (χ0v) is 13.7. The minimum absolute atomic E-state index is 0.00179. The van der Waals surface area contributed by atoms with Gasteiger partial charge in [-0.05, 0) is 12.8 Å². The molecule has 0 saturated carbocycles. The third-order valence-corrected chi connectivity index (χ3v) is 4.73. The highest BCUT2D eigenvalue weighted by Crippen LogP contribution is 2.36. The smallest absolute Gasteiger partial charge is 0.407 e. The molecule has 2 aliphatic heterocycles. The Kier molecular flexibility index (Phi) is 4.72. The Hall–Kier alpha value is -2.46. The molecule has 10 heteroatoms. The number of anilines is 1. The van der Waals surface area contributed by atoms with Crippen LogP contribution < -0.4 is 10.1 Å². The van der Waals surface area contributed by atoms with Crippen molar-refractivity contribution in [3.8, 4) is 5.75 Å². The van der Waals surface area contributed by atoms with Gasteiger partial charge in [0.15, 0.2) is 11.6 Å². The number of rotatable bonds is 3. The van der Waals surface area contributed by atoms with E-state index in [2.05, 4.69) is 5.32 Å². The molecule has 1 saturated heterocycles. The SMILES string of the molecule is O=C1CCc2c(OC[C@]3(O)CCN(C(=O)O)C[C@H]3O)cc(F)c(F)c2N1. The number of β-amino-alcohol motifs (C(OH)–C–C–N with tert-alkyl or cyclic N) is 1. The second-order valence-corrected chi connectivity index (χ2v) is 6.46. The third kappa shape index (κ3) is 3.29. The molecule has 2 atom stereocenters. The number of carbonyl (C=O) groups is 2. The number of hydrogen-bond donors (Lipinski definition) is 4. The third-order valence-electron chi connectivity index (χ3n) is 4.73. The number of likely N-dealkylation sites (tertiary alicyclic amines) is 1. The van der Waals surface area contributed by atoms with Gasteiger partial charge in [0.05, 0.1) is 12.2 Å². The quantitative estimate of drug-likeness (QED) is 0.620. The highest BCUT2D eigenvalue weighted by Gasteiger charge is 2.43. The first-order valence-electron chi connectivity index (χ1n) is 8.03. The molecule has 2 amide bonds. The number of nitrogens with one attached hydrogen (secondary N) is 1. The summed E-state index contributed by atoms with van der Waals surface area (Å²) in [7, 11) is 0. The maximum atomic E-state index is 13.9. The molecule has 1 aromatic carbocycles. The molecule has 2 aliphatic rings. The van der Waals surface area contributed by atoms with Crippen LogP contribution in [-0.4, -0.2) is 63.6 Å². The number of aliphatic hydroxyl groups excluding tert-OH is 1. The number of amides is 2. The summed E-state index contributed by atoms with van der Waals surface area (Å²) in [5.74, 6) is -2.88. The first-order chi connectivity index (χ1) is 12.2. The van der Waals surface area contributed by atoms with Crippen molar-refractivity contribution in [1.29, 1.82) is 0 Å². The standard InChI is InChI=1S/C16H18F2N2O6/c17-9-5-10(8-1-2-12(22)19-14(8)13(9)18)26-7-16(25)3-4-20(15(23)24)6-11(16)21/h5,11,21,25H,1-4,6-7H2,(H,19,22)(H,23,24)/t11-,16-/m1/s1. The summed E-state index contributed by atoms with van der Waals surface area (Å²) in [6.45, 7) is -0.730. The molecule has 4 N–H and O–H groups in total. The van der Waals surface area contributed by atoms with Gasteiger partial charge >= 0.3 is 6.09 Å². The van der Waals surface area contributed by atoms with Crippen LogP contribution in [-0.2, 0) is 11.2 Å². The summed E-state index contributed by atoms with van der Waals surface area (Å²) in [6.07, 6.45) is -2.47. The predicted octanol–water partition coefficient (Wildman–Crippen LogP) is 0.704. The van der Waals surface area contributed by atoms with Crippen molar-refractivity contribution in [3.63, 3.8) is 0 Å². The van der Waals surface area contributed by atoms with Crippen molar-refractivity contribution in [2.24, 2.45) is 0 Å². The number of piperidine rings is 1. The van der Waals surface area contributed by atoms with E-state index in [-0.39, 0.29) is 49.4 Å². The minimum atomic E-state index is -1.73. The van der Waals surface area contributed by atoms with Gasteiger partial charge in [-0.1, -0.05) is 0 Å². The number of benzene rings is 1. The fourth-order valence-corrected chi connectivity index (χ4v) is 3.10. The summed E-state index contributed by atoms with van der Waals surface area (Å²) in [5, 5.41) is 31.8. The number of hydrogen-bond acceptors (Lipinski definition) is 5. The van der Waals surface area contributed by atoms with Crippen molar-refractivity contribution in [2.75, 3.05) is 25.0 Å². The van der Waals surface area contributed by atoms with Crippen LogP contribution in [0.4, 0.5) is 19.3 Å². The maximum Gasteiger partial charge on any atom is 0.407 e. The van der Waals surface area contributed by atoms with E-state index in [0.29, 0.717) is 0 Å². The lowest BCUT2D eigenvalue weighted by Gasteiger charge is -2.40. The van der Waals surface area contributed by atoms with Crippen LogP contribution in [0.2, 0.25) is 0 Å². The Morgan fingerprint density at radius 3 is 2.81 bits per heavy atom. The molecule has 8 nitrogen and oxygen atoms in total. The number of fused-ring (bicyclic) bond motifs is 1. The molecule has 0 bridgehead atoms. The molecule has 1 aromatic rings. The zero-order chi connectivity index (χ0) is 19.1. The number of carboxylic acid groups (broad SMARTS) is 1. The van der Waals surface area contributed by atoms with Crippen LogP contribution in [0, 0.1) is 11.6 Å². The Morgan fingerprint density at radius 2 is 2.15 bits per heavy atom. The zero-order valence-electron chi connectivity index (χ0n) is 13.7. The average molecular weight is 372 g/mol. The number of ether oxygens (including phenoxy) is 1. The topological polar surface area (TPSA) is 119 Å². The Labute approximate surface area is 147 Å². The van der Waals surface area contributed by atoms with Crippen molar-refractivity contribution in [1.82, 2.24) is 4.90 Å². The van der Waals surface area contributed by atoms with Gasteiger partial charge in [-0.3, -0.25) is 4.79 Å². The van der Waals surface area contributed by atoms with Crippen LogP contribution in [0.15, 0.2) is 6.07 Å². The average Bonchev–Trinajstić information content (AvgIpc) is 2.59. The highest BCUT2D eigenvalue weighted by molar-refractivity contribution is 5.94. The van der Waals surface area contributed by atoms with Gasteiger partial charge < -0.3 is 30.3 Å². The molecule has 0 spiro atoms. The van der Waals surface area contributed by atoms with Gasteiger partial charge in [0.1, 0.15) is 24.1 Å². The van der Waals surface area contributed by atoms with E-state index in [0.717, 1.165) is 11.0 Å². The highest BCUT2D eigenvalue weighted by atomic mass is 19.2. The summed E-state index contributed by atoms with van der Waals surface area (Å²) >= 11 is 0. The second kappa shape index (κ2) is 6.69. The molecular weight excluding hydrogens is 354 g/mol. The van der Waals surface area contributed by atoms with Crippen LogP contribution in [0.25, 0.3) is 0 Å². The van der Waals surface area contributed by atoms with Gasteiger partial charge in [0.2, 0.25) is 5.91 Å². The molecular formula is C16H18F2N2O6. The first kappa shape index (κ1) is 18.3. The molecule has 3 rings (SSSR count). The van der Waals surface area contributed by atoms with E-state index in [1.807, 2.05) is 0 Å². The fourth-order valence-electron chi connectivity index (χ4n) is 3.10. The van der Waals surface area contributed by atoms with Gasteiger partial charge in [0, 0.05) is 24.6 Å².